The van der Waals surface area contributed by atoms with E-state index in [0.29, 0.717) is 25.3 Å². The minimum Gasteiger partial charge on any atom is -0.391 e. The highest BCUT2D eigenvalue weighted by molar-refractivity contribution is 5.47. The number of aromatic nitrogens is 3. The first-order valence-corrected chi connectivity index (χ1v) is 6.54. The molecule has 1 aliphatic rings. The van der Waals surface area contributed by atoms with Crippen molar-refractivity contribution in [3.05, 3.63) is 29.9 Å². The smallest absolute Gasteiger partial charge is 0.137 e. The van der Waals surface area contributed by atoms with Crippen molar-refractivity contribution in [2.45, 2.75) is 19.4 Å². The van der Waals surface area contributed by atoms with E-state index in [-0.39, 0.29) is 5.92 Å². The van der Waals surface area contributed by atoms with Gasteiger partial charge in [-0.05, 0) is 6.92 Å². The van der Waals surface area contributed by atoms with Crippen molar-refractivity contribution >= 4 is 11.6 Å². The van der Waals surface area contributed by atoms with E-state index in [2.05, 4.69) is 15.1 Å². The van der Waals surface area contributed by atoms with E-state index >= 15 is 0 Å². The Kier molecular flexibility index (Phi) is 3.27. The summed E-state index contributed by atoms with van der Waals surface area (Å²) in [6.45, 7) is 3.12. The molecule has 0 amide bonds. The SMILES string of the molecule is Cc1cc(C[C@@H]2CN(c3cc(N)ncn3)C[C@@H]2O)on1. The molecular formula is C13H17N5O2. The number of aliphatic hydroxyl groups excluding tert-OH is 1. The molecule has 3 rings (SSSR count). The van der Waals surface area contributed by atoms with Crippen molar-refractivity contribution < 1.29 is 9.63 Å². The molecular weight excluding hydrogens is 258 g/mol. The molecule has 20 heavy (non-hydrogen) atoms. The van der Waals surface area contributed by atoms with Crippen molar-refractivity contribution in [1.29, 1.82) is 0 Å². The second-order valence-electron chi connectivity index (χ2n) is 5.17. The monoisotopic (exact) mass is 275 g/mol. The third kappa shape index (κ3) is 2.57. The Morgan fingerprint density at radius 2 is 2.25 bits per heavy atom. The summed E-state index contributed by atoms with van der Waals surface area (Å²) in [6.07, 6.45) is 1.68. The van der Waals surface area contributed by atoms with Gasteiger partial charge in [-0.15, -0.1) is 0 Å². The van der Waals surface area contributed by atoms with Crippen molar-refractivity contribution in [3.8, 4) is 0 Å². The largest absolute Gasteiger partial charge is 0.391 e. The van der Waals surface area contributed by atoms with Gasteiger partial charge in [0.05, 0.1) is 11.8 Å². The van der Waals surface area contributed by atoms with Gasteiger partial charge in [-0.2, -0.15) is 0 Å². The zero-order valence-electron chi connectivity index (χ0n) is 11.2. The molecule has 0 saturated carbocycles. The molecule has 2 aromatic heterocycles. The lowest BCUT2D eigenvalue weighted by atomic mass is 10.0. The average molecular weight is 275 g/mol. The summed E-state index contributed by atoms with van der Waals surface area (Å²) in [5, 5.41) is 14.0. The summed E-state index contributed by atoms with van der Waals surface area (Å²) in [4.78, 5) is 10.1. The summed E-state index contributed by atoms with van der Waals surface area (Å²) in [6, 6.07) is 3.62. The Bertz CT molecular complexity index is 600. The number of hydrogen-bond acceptors (Lipinski definition) is 7. The second-order valence-corrected chi connectivity index (χ2v) is 5.17. The van der Waals surface area contributed by atoms with Crippen LogP contribution in [0.25, 0.3) is 0 Å². The summed E-state index contributed by atoms with van der Waals surface area (Å²) < 4.78 is 5.21. The maximum absolute atomic E-state index is 10.2. The van der Waals surface area contributed by atoms with E-state index in [1.54, 1.807) is 6.07 Å². The van der Waals surface area contributed by atoms with Gasteiger partial charge in [-0.1, -0.05) is 5.16 Å². The quantitative estimate of drug-likeness (QED) is 0.835. The average Bonchev–Trinajstić information content (AvgIpc) is 2.97. The molecule has 2 aromatic rings. The number of nitrogens with zero attached hydrogens (tertiary/aromatic N) is 4. The van der Waals surface area contributed by atoms with Crippen LogP contribution in [0.4, 0.5) is 11.6 Å². The maximum atomic E-state index is 10.2. The van der Waals surface area contributed by atoms with Crippen molar-refractivity contribution in [1.82, 2.24) is 15.1 Å². The molecule has 0 aliphatic carbocycles. The molecule has 7 nitrogen and oxygen atoms in total. The third-order valence-corrected chi connectivity index (χ3v) is 3.54. The number of hydrogen-bond donors (Lipinski definition) is 2. The fourth-order valence-electron chi connectivity index (χ4n) is 2.55. The lowest BCUT2D eigenvalue weighted by Gasteiger charge is -2.16. The van der Waals surface area contributed by atoms with Gasteiger partial charge >= 0.3 is 0 Å². The third-order valence-electron chi connectivity index (χ3n) is 3.54. The molecule has 0 radical (unpaired) electrons. The zero-order chi connectivity index (χ0) is 14.1. The highest BCUT2D eigenvalue weighted by atomic mass is 16.5. The van der Waals surface area contributed by atoms with Crippen LogP contribution in [0.1, 0.15) is 11.5 Å². The number of aryl methyl sites for hydroxylation is 1. The molecule has 3 heterocycles. The van der Waals surface area contributed by atoms with Crippen LogP contribution in [-0.4, -0.2) is 39.4 Å². The first-order valence-electron chi connectivity index (χ1n) is 6.54. The predicted octanol–water partition coefficient (Wildman–Crippen LogP) is 0.395. The Morgan fingerprint density at radius 1 is 1.40 bits per heavy atom. The molecule has 7 heteroatoms. The topological polar surface area (TPSA) is 101 Å². The maximum Gasteiger partial charge on any atom is 0.137 e. The van der Waals surface area contributed by atoms with Crippen LogP contribution in [0.3, 0.4) is 0 Å². The van der Waals surface area contributed by atoms with Crippen molar-refractivity contribution in [2.75, 3.05) is 23.7 Å². The number of β-amino-alcohol motifs (C(OH)–C–C–N with tert-alkyl or cyclic N) is 1. The van der Waals surface area contributed by atoms with E-state index in [4.69, 9.17) is 10.3 Å². The van der Waals surface area contributed by atoms with Gasteiger partial charge in [0.25, 0.3) is 0 Å². The molecule has 1 fully saturated rings. The van der Waals surface area contributed by atoms with Crippen molar-refractivity contribution in [3.63, 3.8) is 0 Å². The molecule has 0 bridgehead atoms. The van der Waals surface area contributed by atoms with Crippen LogP contribution in [-0.2, 0) is 6.42 Å². The fourth-order valence-corrected chi connectivity index (χ4v) is 2.55. The number of aliphatic hydroxyl groups is 1. The van der Waals surface area contributed by atoms with Gasteiger partial charge in [0, 0.05) is 37.6 Å². The van der Waals surface area contributed by atoms with Crippen LogP contribution in [0.15, 0.2) is 23.0 Å². The zero-order valence-corrected chi connectivity index (χ0v) is 11.2. The van der Waals surface area contributed by atoms with Crippen molar-refractivity contribution in [2.24, 2.45) is 5.92 Å². The molecule has 0 aromatic carbocycles. The van der Waals surface area contributed by atoms with Gasteiger partial charge in [0.2, 0.25) is 0 Å². The first-order chi connectivity index (χ1) is 9.61. The van der Waals surface area contributed by atoms with Gasteiger partial charge < -0.3 is 20.3 Å². The molecule has 1 aliphatic heterocycles. The van der Waals surface area contributed by atoms with Gasteiger partial charge in [0.15, 0.2) is 0 Å². The van der Waals surface area contributed by atoms with E-state index in [1.807, 2.05) is 17.9 Å². The van der Waals surface area contributed by atoms with E-state index < -0.39 is 6.10 Å². The van der Waals surface area contributed by atoms with E-state index in [0.717, 1.165) is 17.3 Å². The lowest BCUT2D eigenvalue weighted by Crippen LogP contribution is -2.22. The number of anilines is 2. The standard InChI is InChI=1S/C13H17N5O2/c1-8-2-10(20-17-8)3-9-5-18(6-11(9)19)13-4-12(14)15-7-16-13/h2,4,7,9,11,19H,3,5-6H2,1H3,(H2,14,15,16)/t9-,11+/m1/s1. The highest BCUT2D eigenvalue weighted by Crippen LogP contribution is 2.26. The van der Waals surface area contributed by atoms with Gasteiger partial charge in [-0.3, -0.25) is 0 Å². The highest BCUT2D eigenvalue weighted by Gasteiger charge is 2.33. The van der Waals surface area contributed by atoms with Crippen LogP contribution < -0.4 is 10.6 Å². The fraction of sp³-hybridized carbons (Fsp3) is 0.462. The van der Waals surface area contributed by atoms with E-state index in [1.165, 1.54) is 6.33 Å². The van der Waals surface area contributed by atoms with Crippen LogP contribution >= 0.6 is 0 Å². The number of nitrogen functional groups attached to an aromatic ring is 1. The minimum atomic E-state index is -0.420. The van der Waals surface area contributed by atoms with E-state index in [9.17, 15) is 5.11 Å². The summed E-state index contributed by atoms with van der Waals surface area (Å²) in [5.41, 5.74) is 6.51. The minimum absolute atomic E-state index is 0.0959. The molecule has 1 saturated heterocycles. The molecule has 106 valence electrons. The molecule has 0 spiro atoms. The number of nitrogens with two attached hydrogens (primary N) is 1. The summed E-state index contributed by atoms with van der Waals surface area (Å²) in [7, 11) is 0. The predicted molar refractivity (Wildman–Crippen MR) is 73.1 cm³/mol. The molecule has 2 atom stereocenters. The summed E-state index contributed by atoms with van der Waals surface area (Å²) in [5.74, 6) is 2.07. The normalized spacial score (nSPS) is 22.4. The van der Waals surface area contributed by atoms with Gasteiger partial charge in [-0.25, -0.2) is 9.97 Å². The van der Waals surface area contributed by atoms with Gasteiger partial charge in [0.1, 0.15) is 23.7 Å². The lowest BCUT2D eigenvalue weighted by molar-refractivity contribution is 0.143. The van der Waals surface area contributed by atoms with Crippen LogP contribution in [0.2, 0.25) is 0 Å². The Hall–Kier alpha value is -2.15. The molecule has 0 unspecified atom stereocenters. The van der Waals surface area contributed by atoms with Crippen LogP contribution in [0, 0.1) is 12.8 Å². The Morgan fingerprint density at radius 3 is 2.95 bits per heavy atom. The second kappa shape index (κ2) is 5.09. The number of rotatable bonds is 3. The molecule has 3 N–H and O–H groups in total. The Balaban J connectivity index is 1.70. The van der Waals surface area contributed by atoms with Crippen LogP contribution in [0.5, 0.6) is 0 Å². The Labute approximate surface area is 116 Å². The first kappa shape index (κ1) is 12.9. The summed E-state index contributed by atoms with van der Waals surface area (Å²) >= 11 is 0.